The number of nitrogen functional groups attached to an aromatic ring is 1. The third-order valence-corrected chi connectivity index (χ3v) is 3.11. The van der Waals surface area contributed by atoms with Crippen LogP contribution < -0.4 is 16.0 Å². The van der Waals surface area contributed by atoms with Crippen LogP contribution in [0.2, 0.25) is 0 Å². The zero-order chi connectivity index (χ0) is 14.3. The lowest BCUT2D eigenvalue weighted by Gasteiger charge is -2.07. The van der Waals surface area contributed by atoms with E-state index in [4.69, 9.17) is 10.5 Å². The second kappa shape index (κ2) is 4.37. The molecule has 0 fully saturated rings. The molecule has 2 aromatic heterocycles. The summed E-state index contributed by atoms with van der Waals surface area (Å²) in [5.41, 5.74) is 7.68. The topological polar surface area (TPSA) is 98.3 Å². The molecule has 0 amide bonds. The molecule has 0 unspecified atom stereocenters. The Labute approximate surface area is 114 Å². The fourth-order valence-corrected chi connectivity index (χ4v) is 2.12. The van der Waals surface area contributed by atoms with Crippen molar-refractivity contribution in [1.82, 2.24) is 19.6 Å². The van der Waals surface area contributed by atoms with Gasteiger partial charge in [-0.3, -0.25) is 4.79 Å². The monoisotopic (exact) mass is 271 g/mol. The molecule has 0 atom stereocenters. The fraction of sp³-hybridized carbons (Fsp3) is 0.154. The molecular formula is C13H13N5O2. The third kappa shape index (κ3) is 1.80. The highest BCUT2D eigenvalue weighted by Crippen LogP contribution is 2.24. The Morgan fingerprint density at radius 3 is 2.85 bits per heavy atom. The number of methoxy groups -OCH3 is 1. The number of H-pyrrole nitrogens is 1. The highest BCUT2D eigenvalue weighted by atomic mass is 16.5. The Hall–Kier alpha value is -2.83. The van der Waals surface area contributed by atoms with Crippen molar-refractivity contribution in [2.75, 3.05) is 12.8 Å². The molecule has 3 N–H and O–H groups in total. The van der Waals surface area contributed by atoms with Crippen molar-refractivity contribution < 1.29 is 4.74 Å². The van der Waals surface area contributed by atoms with E-state index < -0.39 is 0 Å². The number of nitrogens with one attached hydrogen (secondary N) is 1. The molecule has 7 nitrogen and oxygen atoms in total. The van der Waals surface area contributed by atoms with Crippen molar-refractivity contribution in [1.29, 1.82) is 0 Å². The molecule has 102 valence electrons. The lowest BCUT2D eigenvalue weighted by molar-refractivity contribution is 0.412. The van der Waals surface area contributed by atoms with Crippen LogP contribution in [0.15, 0.2) is 29.1 Å². The molecule has 0 radical (unpaired) electrons. The number of aryl methyl sites for hydroxylation is 1. The van der Waals surface area contributed by atoms with Gasteiger partial charge in [0.05, 0.1) is 12.8 Å². The molecule has 0 aliphatic carbocycles. The van der Waals surface area contributed by atoms with E-state index in [1.54, 1.807) is 7.11 Å². The van der Waals surface area contributed by atoms with Crippen molar-refractivity contribution in [3.8, 4) is 17.0 Å². The van der Waals surface area contributed by atoms with Crippen LogP contribution in [0.25, 0.3) is 17.0 Å². The number of ether oxygens (including phenoxy) is 1. The molecule has 2 heterocycles. The largest absolute Gasteiger partial charge is 0.496 e. The van der Waals surface area contributed by atoms with Crippen LogP contribution in [0.3, 0.4) is 0 Å². The predicted octanol–water partition coefficient (Wildman–Crippen LogP) is 0.984. The van der Waals surface area contributed by atoms with E-state index >= 15 is 0 Å². The summed E-state index contributed by atoms with van der Waals surface area (Å²) in [6.45, 7) is 1.93. The van der Waals surface area contributed by atoms with Crippen LogP contribution >= 0.6 is 0 Å². The van der Waals surface area contributed by atoms with Gasteiger partial charge in [0.1, 0.15) is 5.75 Å². The Balaban J connectivity index is 2.19. The van der Waals surface area contributed by atoms with Crippen molar-refractivity contribution >= 4 is 11.7 Å². The van der Waals surface area contributed by atoms with Gasteiger partial charge in [0.25, 0.3) is 5.56 Å². The minimum Gasteiger partial charge on any atom is -0.496 e. The lowest BCUT2D eigenvalue weighted by atomic mass is 10.1. The number of aromatic nitrogens is 4. The Morgan fingerprint density at radius 2 is 2.15 bits per heavy atom. The molecule has 0 bridgehead atoms. The van der Waals surface area contributed by atoms with Gasteiger partial charge in [-0.2, -0.15) is 0 Å². The number of hydrogen-bond donors (Lipinski definition) is 2. The third-order valence-electron chi connectivity index (χ3n) is 3.11. The molecule has 0 aliphatic heterocycles. The summed E-state index contributed by atoms with van der Waals surface area (Å²) in [5, 5.41) is 6.40. The van der Waals surface area contributed by atoms with Gasteiger partial charge in [0.2, 0.25) is 11.7 Å². The smallest absolute Gasteiger partial charge is 0.262 e. The molecule has 3 rings (SSSR count). The quantitative estimate of drug-likeness (QED) is 0.724. The second-order valence-corrected chi connectivity index (χ2v) is 4.40. The summed E-state index contributed by atoms with van der Waals surface area (Å²) in [4.78, 5) is 16.4. The Kier molecular flexibility index (Phi) is 2.67. The summed E-state index contributed by atoms with van der Waals surface area (Å²) in [7, 11) is 1.62. The van der Waals surface area contributed by atoms with E-state index in [0.29, 0.717) is 11.5 Å². The molecule has 7 heteroatoms. The van der Waals surface area contributed by atoms with Crippen molar-refractivity contribution in [2.45, 2.75) is 6.92 Å². The summed E-state index contributed by atoms with van der Waals surface area (Å²) < 4.78 is 6.44. The SMILES string of the molecule is COc1ccc(-c2cc(=O)n3c(N)n[nH]c3n2)cc1C. The summed E-state index contributed by atoms with van der Waals surface area (Å²) >= 11 is 0. The molecule has 20 heavy (non-hydrogen) atoms. The Morgan fingerprint density at radius 1 is 1.35 bits per heavy atom. The first-order chi connectivity index (χ1) is 9.60. The number of benzene rings is 1. The van der Waals surface area contributed by atoms with Gasteiger partial charge in [-0.1, -0.05) is 0 Å². The van der Waals surface area contributed by atoms with E-state index in [9.17, 15) is 4.79 Å². The highest BCUT2D eigenvalue weighted by molar-refractivity contribution is 5.63. The van der Waals surface area contributed by atoms with Crippen molar-refractivity contribution in [2.24, 2.45) is 0 Å². The van der Waals surface area contributed by atoms with Crippen LogP contribution in [0, 0.1) is 6.92 Å². The molecular weight excluding hydrogens is 258 g/mol. The van der Waals surface area contributed by atoms with Gasteiger partial charge < -0.3 is 10.5 Å². The minimum atomic E-state index is -0.273. The molecule has 0 saturated carbocycles. The van der Waals surface area contributed by atoms with Gasteiger partial charge in [-0.05, 0) is 30.7 Å². The van der Waals surface area contributed by atoms with Crippen LogP contribution in [-0.4, -0.2) is 26.7 Å². The summed E-state index contributed by atoms with van der Waals surface area (Å²) in [5.74, 6) is 1.20. The van der Waals surface area contributed by atoms with E-state index in [0.717, 1.165) is 16.9 Å². The van der Waals surface area contributed by atoms with Gasteiger partial charge in [0, 0.05) is 11.6 Å². The number of aromatic amines is 1. The first-order valence-electron chi connectivity index (χ1n) is 5.99. The molecule has 0 spiro atoms. The lowest BCUT2D eigenvalue weighted by Crippen LogP contribution is -2.15. The van der Waals surface area contributed by atoms with E-state index in [-0.39, 0.29) is 11.5 Å². The highest BCUT2D eigenvalue weighted by Gasteiger charge is 2.10. The number of anilines is 1. The van der Waals surface area contributed by atoms with Crippen LogP contribution in [-0.2, 0) is 0 Å². The zero-order valence-electron chi connectivity index (χ0n) is 11.0. The number of hydrogen-bond acceptors (Lipinski definition) is 5. The molecule has 0 aliphatic rings. The zero-order valence-corrected chi connectivity index (χ0v) is 11.0. The van der Waals surface area contributed by atoms with E-state index in [1.807, 2.05) is 25.1 Å². The van der Waals surface area contributed by atoms with Gasteiger partial charge in [0.15, 0.2) is 0 Å². The standard InChI is InChI=1S/C13H13N5O2/c1-7-5-8(3-4-10(7)20-2)9-6-11(19)18-12(14)16-17-13(18)15-9/h3-6H,1-2H3,(H2,14,16)(H,15,17). The molecule has 0 saturated heterocycles. The fourth-order valence-electron chi connectivity index (χ4n) is 2.12. The average Bonchev–Trinajstić information content (AvgIpc) is 2.80. The number of nitrogens with two attached hydrogens (primary N) is 1. The average molecular weight is 271 g/mol. The van der Waals surface area contributed by atoms with Gasteiger partial charge in [-0.15, -0.1) is 5.10 Å². The normalized spacial score (nSPS) is 10.9. The van der Waals surface area contributed by atoms with E-state index in [2.05, 4.69) is 15.2 Å². The van der Waals surface area contributed by atoms with Crippen molar-refractivity contribution in [3.63, 3.8) is 0 Å². The number of fused-ring (bicyclic) bond motifs is 1. The van der Waals surface area contributed by atoms with Gasteiger partial charge in [-0.25, -0.2) is 14.5 Å². The van der Waals surface area contributed by atoms with Crippen LogP contribution in [0.1, 0.15) is 5.56 Å². The number of nitrogens with zero attached hydrogens (tertiary/aromatic N) is 3. The first-order valence-corrected chi connectivity index (χ1v) is 5.99. The summed E-state index contributed by atoms with van der Waals surface area (Å²) in [6, 6.07) is 7.04. The van der Waals surface area contributed by atoms with Crippen LogP contribution in [0.5, 0.6) is 5.75 Å². The molecule has 3 aromatic rings. The predicted molar refractivity (Wildman–Crippen MR) is 74.7 cm³/mol. The Bertz CT molecular complexity index is 850. The molecule has 1 aromatic carbocycles. The van der Waals surface area contributed by atoms with Crippen molar-refractivity contribution in [3.05, 3.63) is 40.2 Å². The first kappa shape index (κ1) is 12.2. The van der Waals surface area contributed by atoms with Gasteiger partial charge >= 0.3 is 0 Å². The minimum absolute atomic E-state index is 0.0926. The maximum absolute atomic E-state index is 12.0. The number of rotatable bonds is 2. The maximum Gasteiger partial charge on any atom is 0.262 e. The van der Waals surface area contributed by atoms with E-state index in [1.165, 1.54) is 10.5 Å². The maximum atomic E-state index is 12.0. The second-order valence-electron chi connectivity index (χ2n) is 4.40. The summed E-state index contributed by atoms with van der Waals surface area (Å²) in [6.07, 6.45) is 0. The van der Waals surface area contributed by atoms with Crippen LogP contribution in [0.4, 0.5) is 5.95 Å².